The first-order chi connectivity index (χ1) is 15.9. The van der Waals surface area contributed by atoms with Crippen LogP contribution in [-0.4, -0.2) is 61.7 Å². The molecule has 182 valence electrons. The maximum Gasteiger partial charge on any atom is 0.420 e. The summed E-state index contributed by atoms with van der Waals surface area (Å²) in [4.78, 5) is 23.0. The van der Waals surface area contributed by atoms with Crippen LogP contribution in [0.1, 0.15) is 28.9 Å². The van der Waals surface area contributed by atoms with E-state index in [0.717, 1.165) is 6.07 Å². The van der Waals surface area contributed by atoms with E-state index in [1.165, 1.54) is 21.4 Å². The van der Waals surface area contributed by atoms with Crippen molar-refractivity contribution in [1.82, 2.24) is 28.2 Å². The van der Waals surface area contributed by atoms with Crippen molar-refractivity contribution in [3.63, 3.8) is 0 Å². The van der Waals surface area contributed by atoms with E-state index >= 15 is 0 Å². The number of carbonyl (C=O) groups excluding carboxylic acids is 1. The molecule has 1 aliphatic heterocycles. The van der Waals surface area contributed by atoms with Gasteiger partial charge in [0, 0.05) is 38.6 Å². The molecule has 16 heteroatoms. The largest absolute Gasteiger partial charge is 0.420 e. The van der Waals surface area contributed by atoms with Gasteiger partial charge in [0.2, 0.25) is 5.95 Å². The fraction of sp³-hybridized carbons (Fsp3) is 0.389. The third kappa shape index (κ3) is 4.88. The van der Waals surface area contributed by atoms with E-state index in [1.807, 2.05) is 0 Å². The van der Waals surface area contributed by atoms with Gasteiger partial charge in [0.25, 0.3) is 15.9 Å². The molecule has 0 bridgehead atoms. The Morgan fingerprint density at radius 1 is 1.26 bits per heavy atom. The number of hydrogen-bond donors (Lipinski definition) is 2. The highest BCUT2D eigenvalue weighted by molar-refractivity contribution is 7.89. The van der Waals surface area contributed by atoms with E-state index in [-0.39, 0.29) is 40.7 Å². The van der Waals surface area contributed by atoms with Crippen molar-refractivity contribution in [2.45, 2.75) is 30.1 Å². The Bertz CT molecular complexity index is 1310. The molecule has 11 nitrogen and oxygen atoms in total. The summed E-state index contributed by atoms with van der Waals surface area (Å²) in [5.41, 5.74) is 3.48. The van der Waals surface area contributed by atoms with Gasteiger partial charge in [-0.1, -0.05) is 0 Å². The highest BCUT2D eigenvalue weighted by Gasteiger charge is 2.37. The number of imidazole rings is 1. The van der Waals surface area contributed by atoms with Crippen molar-refractivity contribution in [1.29, 1.82) is 0 Å². The lowest BCUT2D eigenvalue weighted by molar-refractivity contribution is -0.137. The standard InChI is InChI=1S/C18H19F3N8O3S2/c1-28-8-14(24-9-28)34(31,32)29-4-2-10(3-5-29)25-17-23-7-11(18(19,20)21)15(26-17)13-6-12(16(22)30)27-33-13/h6-10H,2-5H2,1H3,(H2,22,30)(H,23,25,26). The van der Waals surface area contributed by atoms with Gasteiger partial charge in [-0.05, 0) is 30.4 Å². The van der Waals surface area contributed by atoms with E-state index in [0.29, 0.717) is 30.6 Å². The Labute approximate surface area is 196 Å². The predicted octanol–water partition coefficient (Wildman–Crippen LogP) is 1.72. The van der Waals surface area contributed by atoms with Crippen LogP contribution >= 0.6 is 11.5 Å². The van der Waals surface area contributed by atoms with E-state index in [4.69, 9.17) is 5.73 Å². The normalized spacial score (nSPS) is 16.0. The first-order valence-corrected chi connectivity index (χ1v) is 12.1. The molecule has 1 saturated heterocycles. The zero-order valence-electron chi connectivity index (χ0n) is 17.7. The van der Waals surface area contributed by atoms with Crippen LogP contribution in [0.5, 0.6) is 0 Å². The summed E-state index contributed by atoms with van der Waals surface area (Å²) in [6, 6.07) is 0.886. The number of carbonyl (C=O) groups is 1. The number of primary amides is 1. The summed E-state index contributed by atoms with van der Waals surface area (Å²) in [7, 11) is -2.06. The number of rotatable bonds is 6. The van der Waals surface area contributed by atoms with E-state index in [9.17, 15) is 26.4 Å². The average Bonchev–Trinajstić information content (AvgIpc) is 3.43. The number of amides is 1. The van der Waals surface area contributed by atoms with Crippen LogP contribution in [0.15, 0.2) is 29.8 Å². The van der Waals surface area contributed by atoms with Gasteiger partial charge in [-0.15, -0.1) is 0 Å². The van der Waals surface area contributed by atoms with Gasteiger partial charge in [0.05, 0.1) is 16.9 Å². The molecule has 3 N–H and O–H groups in total. The SMILES string of the molecule is Cn1cnc(S(=O)(=O)N2CCC(Nc3ncc(C(F)(F)F)c(-c4cc(C(N)=O)ns4)n3)CC2)c1. The molecule has 0 aromatic carbocycles. The van der Waals surface area contributed by atoms with Crippen LogP contribution in [0.25, 0.3) is 10.6 Å². The van der Waals surface area contributed by atoms with Crippen molar-refractivity contribution >= 4 is 33.4 Å². The molecule has 4 heterocycles. The second-order valence-corrected chi connectivity index (χ2v) is 10.3. The summed E-state index contributed by atoms with van der Waals surface area (Å²) in [5.74, 6) is -0.918. The van der Waals surface area contributed by atoms with Crippen molar-refractivity contribution < 1.29 is 26.4 Å². The molecule has 3 aromatic heterocycles. The minimum absolute atomic E-state index is 0.0165. The van der Waals surface area contributed by atoms with Crippen LogP contribution in [0.3, 0.4) is 0 Å². The van der Waals surface area contributed by atoms with Gasteiger partial charge >= 0.3 is 6.18 Å². The van der Waals surface area contributed by atoms with Crippen LogP contribution < -0.4 is 11.1 Å². The van der Waals surface area contributed by atoms with Crippen molar-refractivity contribution in [3.05, 3.63) is 36.0 Å². The van der Waals surface area contributed by atoms with Crippen molar-refractivity contribution in [2.75, 3.05) is 18.4 Å². The maximum absolute atomic E-state index is 13.5. The number of hydrogen-bond acceptors (Lipinski definition) is 9. The number of anilines is 1. The monoisotopic (exact) mass is 516 g/mol. The number of nitrogens with one attached hydrogen (secondary N) is 1. The molecule has 0 radical (unpaired) electrons. The molecule has 4 rings (SSSR count). The van der Waals surface area contributed by atoms with Gasteiger partial charge in [0.15, 0.2) is 5.03 Å². The van der Waals surface area contributed by atoms with Gasteiger partial charge < -0.3 is 15.6 Å². The molecule has 1 amide bonds. The second kappa shape index (κ2) is 8.92. The molecule has 0 spiro atoms. The van der Waals surface area contributed by atoms with Crippen molar-refractivity contribution in [3.8, 4) is 10.6 Å². The fourth-order valence-corrected chi connectivity index (χ4v) is 5.61. The highest BCUT2D eigenvalue weighted by atomic mass is 32.2. The molecule has 0 aliphatic carbocycles. The molecule has 1 fully saturated rings. The predicted molar refractivity (Wildman–Crippen MR) is 115 cm³/mol. The topological polar surface area (TPSA) is 149 Å². The molecular weight excluding hydrogens is 497 g/mol. The summed E-state index contributed by atoms with van der Waals surface area (Å²) in [6.45, 7) is 0.391. The second-order valence-electron chi connectivity index (χ2n) is 7.59. The average molecular weight is 517 g/mol. The number of nitrogens with two attached hydrogens (primary N) is 1. The third-order valence-corrected chi connectivity index (χ3v) is 7.74. The zero-order chi connectivity index (χ0) is 24.7. The Morgan fingerprint density at radius 2 is 1.97 bits per heavy atom. The highest BCUT2D eigenvalue weighted by Crippen LogP contribution is 2.37. The minimum Gasteiger partial charge on any atom is -0.364 e. The summed E-state index contributed by atoms with van der Waals surface area (Å²) in [5, 5.41) is 2.93. The lowest BCUT2D eigenvalue weighted by Gasteiger charge is -2.31. The van der Waals surface area contributed by atoms with Crippen LogP contribution in [0.4, 0.5) is 19.1 Å². The third-order valence-electron chi connectivity index (χ3n) is 5.16. The quantitative estimate of drug-likeness (QED) is 0.503. The summed E-state index contributed by atoms with van der Waals surface area (Å²) in [6.07, 6.45) is -0.474. The Hall–Kier alpha value is -3.11. The maximum atomic E-state index is 13.5. The smallest absolute Gasteiger partial charge is 0.364 e. The number of sulfonamides is 1. The fourth-order valence-electron chi connectivity index (χ4n) is 3.43. The van der Waals surface area contributed by atoms with Gasteiger partial charge in [-0.3, -0.25) is 4.79 Å². The van der Waals surface area contributed by atoms with Gasteiger partial charge in [-0.25, -0.2) is 23.4 Å². The summed E-state index contributed by atoms with van der Waals surface area (Å²) >= 11 is 0.669. The number of aryl methyl sites for hydroxylation is 1. The first-order valence-electron chi connectivity index (χ1n) is 9.91. The molecular formula is C18H19F3N8O3S2. The minimum atomic E-state index is -4.73. The van der Waals surface area contributed by atoms with Gasteiger partial charge in [-0.2, -0.15) is 21.9 Å². The van der Waals surface area contributed by atoms with E-state index < -0.39 is 33.4 Å². The molecule has 0 unspecified atom stereocenters. The Balaban J connectivity index is 1.51. The van der Waals surface area contributed by atoms with E-state index in [1.54, 1.807) is 7.05 Å². The summed E-state index contributed by atoms with van der Waals surface area (Å²) < 4.78 is 72.6. The number of nitrogens with zero attached hydrogens (tertiary/aromatic N) is 6. The molecule has 0 saturated carbocycles. The van der Waals surface area contributed by atoms with Gasteiger partial charge in [0.1, 0.15) is 11.3 Å². The molecule has 1 aliphatic rings. The molecule has 34 heavy (non-hydrogen) atoms. The number of piperidine rings is 1. The number of halogens is 3. The first kappa shape index (κ1) is 24.0. The molecule has 0 atom stereocenters. The lowest BCUT2D eigenvalue weighted by atomic mass is 10.1. The van der Waals surface area contributed by atoms with Crippen LogP contribution in [0, 0.1) is 0 Å². The number of aromatic nitrogens is 5. The Morgan fingerprint density at radius 3 is 2.53 bits per heavy atom. The Kier molecular flexibility index (Phi) is 6.30. The zero-order valence-corrected chi connectivity index (χ0v) is 19.3. The van der Waals surface area contributed by atoms with Crippen LogP contribution in [0.2, 0.25) is 0 Å². The molecule has 3 aromatic rings. The van der Waals surface area contributed by atoms with Crippen molar-refractivity contribution in [2.24, 2.45) is 12.8 Å². The number of alkyl halides is 3. The van der Waals surface area contributed by atoms with Crippen LogP contribution in [-0.2, 0) is 23.2 Å². The van der Waals surface area contributed by atoms with E-state index in [2.05, 4.69) is 24.6 Å². The lowest BCUT2D eigenvalue weighted by Crippen LogP contribution is -2.42.